The first-order chi connectivity index (χ1) is 7.22. The van der Waals surface area contributed by atoms with Gasteiger partial charge in [0.2, 0.25) is 0 Å². The van der Waals surface area contributed by atoms with Crippen LogP contribution in [0.4, 0.5) is 4.39 Å². The summed E-state index contributed by atoms with van der Waals surface area (Å²) >= 11 is 0. The molecule has 0 aromatic heterocycles. The van der Waals surface area contributed by atoms with E-state index in [2.05, 4.69) is 10.6 Å². The van der Waals surface area contributed by atoms with Crippen molar-refractivity contribution in [2.75, 3.05) is 20.7 Å². The van der Waals surface area contributed by atoms with Crippen LogP contribution in [0, 0.1) is 5.82 Å². The van der Waals surface area contributed by atoms with Gasteiger partial charge < -0.3 is 15.4 Å². The van der Waals surface area contributed by atoms with Crippen molar-refractivity contribution < 1.29 is 9.13 Å². The van der Waals surface area contributed by atoms with Gasteiger partial charge in [0, 0.05) is 0 Å². The van der Waals surface area contributed by atoms with E-state index in [1.54, 1.807) is 6.07 Å². The Balaban J connectivity index is 2.89. The molecule has 0 heterocycles. The van der Waals surface area contributed by atoms with Gasteiger partial charge in [-0.05, 0) is 38.7 Å². The molecule has 0 spiro atoms. The molecule has 15 heavy (non-hydrogen) atoms. The van der Waals surface area contributed by atoms with E-state index in [0.717, 1.165) is 5.56 Å². The summed E-state index contributed by atoms with van der Waals surface area (Å²) in [5.41, 5.74) is 0.848. The lowest BCUT2D eigenvalue weighted by Gasteiger charge is -2.16. The van der Waals surface area contributed by atoms with Crippen LogP contribution in [-0.2, 0) is 0 Å². The zero-order chi connectivity index (χ0) is 11.3. The molecular formula is C11H17FN2O. The highest BCUT2D eigenvalue weighted by molar-refractivity contribution is 5.30. The minimum atomic E-state index is -0.329. The highest BCUT2D eigenvalue weighted by Crippen LogP contribution is 2.20. The first-order valence-corrected chi connectivity index (χ1v) is 4.99. The lowest BCUT2D eigenvalue weighted by atomic mass is 10.1. The van der Waals surface area contributed by atoms with Gasteiger partial charge in [-0.15, -0.1) is 0 Å². The Kier molecular flexibility index (Phi) is 4.52. The molecule has 0 aliphatic rings. The smallest absolute Gasteiger partial charge is 0.165 e. The second kappa shape index (κ2) is 5.68. The van der Waals surface area contributed by atoms with E-state index in [1.807, 2.05) is 27.1 Å². The molecule has 0 saturated carbocycles. The van der Waals surface area contributed by atoms with Gasteiger partial charge >= 0.3 is 0 Å². The van der Waals surface area contributed by atoms with Crippen LogP contribution in [0.25, 0.3) is 0 Å². The average molecular weight is 212 g/mol. The summed E-state index contributed by atoms with van der Waals surface area (Å²) in [5.74, 6) is -0.0305. The summed E-state index contributed by atoms with van der Waals surface area (Å²) in [6.45, 7) is 2.30. The molecule has 2 N–H and O–H groups in total. The van der Waals surface area contributed by atoms with Crippen molar-refractivity contribution in [2.45, 2.75) is 13.1 Å². The van der Waals surface area contributed by atoms with Gasteiger partial charge in [0.15, 0.2) is 11.6 Å². The van der Waals surface area contributed by atoms with Gasteiger partial charge in [-0.2, -0.15) is 0 Å². The van der Waals surface area contributed by atoms with E-state index in [-0.39, 0.29) is 12.0 Å². The van der Waals surface area contributed by atoms with Crippen LogP contribution in [-0.4, -0.2) is 20.7 Å². The normalized spacial score (nSPS) is 10.7. The van der Waals surface area contributed by atoms with Crippen molar-refractivity contribution in [3.63, 3.8) is 0 Å². The van der Waals surface area contributed by atoms with Crippen LogP contribution in [0.3, 0.4) is 0 Å². The summed E-state index contributed by atoms with van der Waals surface area (Å²) in [6, 6.07) is 4.96. The number of hydrogen-bond donors (Lipinski definition) is 2. The van der Waals surface area contributed by atoms with Gasteiger partial charge in [0.25, 0.3) is 0 Å². The van der Waals surface area contributed by atoms with Crippen LogP contribution in [0.15, 0.2) is 18.2 Å². The van der Waals surface area contributed by atoms with Crippen molar-refractivity contribution in [1.82, 2.24) is 10.6 Å². The molecule has 4 heteroatoms. The van der Waals surface area contributed by atoms with Crippen molar-refractivity contribution in [3.8, 4) is 5.75 Å². The Morgan fingerprint density at radius 1 is 1.33 bits per heavy atom. The molecule has 84 valence electrons. The monoisotopic (exact) mass is 212 g/mol. The molecule has 0 aliphatic heterocycles. The third kappa shape index (κ3) is 2.91. The molecule has 0 saturated heterocycles. The Morgan fingerprint density at radius 2 is 2.00 bits per heavy atom. The number of hydrogen-bond acceptors (Lipinski definition) is 3. The molecule has 1 aromatic rings. The Bertz CT molecular complexity index is 313. The maximum Gasteiger partial charge on any atom is 0.165 e. The second-order valence-corrected chi connectivity index (χ2v) is 3.13. The van der Waals surface area contributed by atoms with Gasteiger partial charge in [0.1, 0.15) is 0 Å². The van der Waals surface area contributed by atoms with Gasteiger partial charge in [-0.1, -0.05) is 6.07 Å². The lowest BCUT2D eigenvalue weighted by Crippen LogP contribution is -2.28. The predicted octanol–water partition coefficient (Wildman–Crippen LogP) is 1.66. The topological polar surface area (TPSA) is 33.3 Å². The third-order valence-corrected chi connectivity index (χ3v) is 2.17. The molecule has 3 nitrogen and oxygen atoms in total. The summed E-state index contributed by atoms with van der Waals surface area (Å²) in [7, 11) is 3.63. The van der Waals surface area contributed by atoms with E-state index in [9.17, 15) is 4.39 Å². The molecule has 0 amide bonds. The maximum atomic E-state index is 13.5. The lowest BCUT2D eigenvalue weighted by molar-refractivity contribution is 0.321. The van der Waals surface area contributed by atoms with Crippen LogP contribution in [0.5, 0.6) is 5.75 Å². The molecular weight excluding hydrogens is 195 g/mol. The summed E-state index contributed by atoms with van der Waals surface area (Å²) in [4.78, 5) is 0. The SMILES string of the molecule is CCOc1ccc(C(NC)NC)cc1F. The largest absolute Gasteiger partial charge is 0.491 e. The number of nitrogens with one attached hydrogen (secondary N) is 2. The van der Waals surface area contributed by atoms with Crippen molar-refractivity contribution >= 4 is 0 Å². The number of rotatable bonds is 5. The fraction of sp³-hybridized carbons (Fsp3) is 0.455. The first-order valence-electron chi connectivity index (χ1n) is 4.99. The molecule has 0 fully saturated rings. The number of halogens is 1. The fourth-order valence-corrected chi connectivity index (χ4v) is 1.45. The maximum absolute atomic E-state index is 13.5. The zero-order valence-electron chi connectivity index (χ0n) is 9.30. The van der Waals surface area contributed by atoms with E-state index < -0.39 is 0 Å². The summed E-state index contributed by atoms with van der Waals surface area (Å²) < 4.78 is 18.6. The van der Waals surface area contributed by atoms with Gasteiger partial charge in [-0.25, -0.2) is 4.39 Å². The van der Waals surface area contributed by atoms with Crippen molar-refractivity contribution in [3.05, 3.63) is 29.6 Å². The molecule has 1 aromatic carbocycles. The van der Waals surface area contributed by atoms with E-state index in [1.165, 1.54) is 6.07 Å². The quantitative estimate of drug-likeness (QED) is 0.728. The minimum Gasteiger partial charge on any atom is -0.491 e. The zero-order valence-corrected chi connectivity index (χ0v) is 9.30. The number of benzene rings is 1. The first kappa shape index (κ1) is 11.9. The fourth-order valence-electron chi connectivity index (χ4n) is 1.45. The Morgan fingerprint density at radius 3 is 2.47 bits per heavy atom. The number of ether oxygens (including phenoxy) is 1. The van der Waals surface area contributed by atoms with Crippen LogP contribution >= 0.6 is 0 Å². The van der Waals surface area contributed by atoms with Crippen LogP contribution in [0.1, 0.15) is 18.7 Å². The molecule has 0 bridgehead atoms. The minimum absolute atomic E-state index is 0.0461. The second-order valence-electron chi connectivity index (χ2n) is 3.13. The highest BCUT2D eigenvalue weighted by Gasteiger charge is 2.09. The van der Waals surface area contributed by atoms with E-state index in [4.69, 9.17) is 4.74 Å². The van der Waals surface area contributed by atoms with Crippen LogP contribution < -0.4 is 15.4 Å². The molecule has 1 rings (SSSR count). The van der Waals surface area contributed by atoms with Gasteiger partial charge in [-0.3, -0.25) is 0 Å². The van der Waals surface area contributed by atoms with Crippen molar-refractivity contribution in [1.29, 1.82) is 0 Å². The van der Waals surface area contributed by atoms with Crippen molar-refractivity contribution in [2.24, 2.45) is 0 Å². The Labute approximate surface area is 89.6 Å². The molecule has 0 aliphatic carbocycles. The van der Waals surface area contributed by atoms with Gasteiger partial charge in [0.05, 0.1) is 12.8 Å². The van der Waals surface area contributed by atoms with E-state index >= 15 is 0 Å². The van der Waals surface area contributed by atoms with E-state index in [0.29, 0.717) is 12.4 Å². The Hall–Kier alpha value is -1.13. The third-order valence-electron chi connectivity index (χ3n) is 2.17. The standard InChI is InChI=1S/C11H17FN2O/c1-4-15-10-6-5-8(7-9(10)12)11(13-2)14-3/h5-7,11,13-14H,4H2,1-3H3. The van der Waals surface area contributed by atoms with Crippen LogP contribution in [0.2, 0.25) is 0 Å². The molecule has 0 unspecified atom stereocenters. The predicted molar refractivity (Wildman–Crippen MR) is 58.4 cm³/mol. The molecule has 0 radical (unpaired) electrons. The summed E-state index contributed by atoms with van der Waals surface area (Å²) in [6.07, 6.45) is -0.0461. The molecule has 0 atom stereocenters. The highest BCUT2D eigenvalue weighted by atomic mass is 19.1. The summed E-state index contributed by atoms with van der Waals surface area (Å²) in [5, 5.41) is 6.06. The average Bonchev–Trinajstić information content (AvgIpc) is 2.24.